The van der Waals surface area contributed by atoms with Gasteiger partial charge in [0.1, 0.15) is 6.61 Å². The molecular weight excluding hydrogens is 514 g/mol. The van der Waals surface area contributed by atoms with E-state index in [-0.39, 0.29) is 25.7 Å². The molecule has 0 fully saturated rings. The second-order valence-electron chi connectivity index (χ2n) is 8.47. The number of thioether (sulfide) groups is 1. The summed E-state index contributed by atoms with van der Waals surface area (Å²) in [6.07, 6.45) is 1.62. The largest absolute Gasteiger partial charge is 0.458 e. The van der Waals surface area contributed by atoms with Gasteiger partial charge in [-0.2, -0.15) is 0 Å². The number of nitrogens with zero attached hydrogens (tertiary/aromatic N) is 2. The number of hydrogen-bond acceptors (Lipinski definition) is 8. The Morgan fingerprint density at radius 3 is 2.81 bits per heavy atom. The highest BCUT2D eigenvalue weighted by Crippen LogP contribution is 2.45. The number of esters is 1. The van der Waals surface area contributed by atoms with Crippen LogP contribution in [0.1, 0.15) is 30.5 Å². The van der Waals surface area contributed by atoms with Gasteiger partial charge in [0.15, 0.2) is 16.7 Å². The minimum atomic E-state index is -0.523. The van der Waals surface area contributed by atoms with Crippen molar-refractivity contribution in [2.75, 3.05) is 13.4 Å². The van der Waals surface area contributed by atoms with E-state index in [1.807, 2.05) is 40.6 Å². The molecule has 190 valence electrons. The highest BCUT2D eigenvalue weighted by atomic mass is 35.5. The summed E-state index contributed by atoms with van der Waals surface area (Å²) in [6.45, 7) is 6.03. The smallest absolute Gasteiger partial charge is 0.338 e. The van der Waals surface area contributed by atoms with Gasteiger partial charge < -0.3 is 24.4 Å². The molecule has 10 heteroatoms. The lowest BCUT2D eigenvalue weighted by Gasteiger charge is -2.36. The van der Waals surface area contributed by atoms with Gasteiger partial charge in [0.2, 0.25) is 12.7 Å². The lowest BCUT2D eigenvalue weighted by atomic mass is 9.94. The minimum absolute atomic E-state index is 0.0826. The number of carbonyl (C=O) groups excluding carboxylic acids is 2. The summed E-state index contributed by atoms with van der Waals surface area (Å²) in [4.78, 5) is 32.7. The molecule has 3 heterocycles. The fraction of sp³-hybridized carbons (Fsp3) is 0.222. The maximum absolute atomic E-state index is 13.1. The summed E-state index contributed by atoms with van der Waals surface area (Å²) in [5.74, 6) is 0.713. The van der Waals surface area contributed by atoms with Gasteiger partial charge in [-0.25, -0.2) is 9.79 Å². The molecule has 8 nitrogen and oxygen atoms in total. The molecule has 2 aromatic carbocycles. The van der Waals surface area contributed by atoms with Crippen molar-refractivity contribution in [2.24, 2.45) is 4.99 Å². The first kappa shape index (κ1) is 25.0. The first-order valence-electron chi connectivity index (χ1n) is 11.6. The fourth-order valence-electron chi connectivity index (χ4n) is 4.28. The molecule has 0 aliphatic carbocycles. The summed E-state index contributed by atoms with van der Waals surface area (Å²) >= 11 is 7.55. The average molecular weight is 538 g/mol. The number of amides is 1. The Morgan fingerprint density at radius 2 is 2.03 bits per heavy atom. The molecule has 0 bridgehead atoms. The van der Waals surface area contributed by atoms with E-state index >= 15 is 0 Å². The van der Waals surface area contributed by atoms with Crippen molar-refractivity contribution in [3.8, 4) is 11.5 Å². The van der Waals surface area contributed by atoms with E-state index in [9.17, 15) is 9.59 Å². The molecular formula is C27H24ClN3O5S. The van der Waals surface area contributed by atoms with Crippen molar-refractivity contribution < 1.29 is 23.8 Å². The van der Waals surface area contributed by atoms with Crippen LogP contribution in [0.2, 0.25) is 5.02 Å². The maximum atomic E-state index is 13.1. The van der Waals surface area contributed by atoms with Crippen LogP contribution in [0.3, 0.4) is 0 Å². The number of benzene rings is 2. The first-order valence-corrected chi connectivity index (χ1v) is 12.8. The number of amidine groups is 1. The number of fused-ring (bicyclic) bond motifs is 2. The summed E-state index contributed by atoms with van der Waals surface area (Å²) in [6, 6.07) is 12.3. The fourth-order valence-corrected chi connectivity index (χ4v) is 5.37. The standard InChI is InChI=1S/C27H24ClN3O5S/c1-3-10-34-26(33)24-16(2)30-27-31(25(24)18-5-7-19(28)8-6-18)20(14-37-27)12-23(32)29-13-17-4-9-21-22(11-17)36-15-35-21/h3-9,11,14,25H,1,10,12-13,15H2,2H3,(H,29,32). The van der Waals surface area contributed by atoms with E-state index in [0.717, 1.165) is 16.8 Å². The molecule has 1 atom stereocenters. The number of carbonyl (C=O) groups is 2. The second kappa shape index (κ2) is 10.7. The van der Waals surface area contributed by atoms with Crippen molar-refractivity contribution in [1.82, 2.24) is 10.2 Å². The zero-order valence-corrected chi connectivity index (χ0v) is 21.6. The monoisotopic (exact) mass is 537 g/mol. The van der Waals surface area contributed by atoms with Crippen LogP contribution in [0, 0.1) is 0 Å². The van der Waals surface area contributed by atoms with Crippen LogP contribution in [-0.2, 0) is 20.9 Å². The van der Waals surface area contributed by atoms with Crippen LogP contribution < -0.4 is 14.8 Å². The van der Waals surface area contributed by atoms with E-state index in [2.05, 4.69) is 16.9 Å². The molecule has 3 aliphatic rings. The van der Waals surface area contributed by atoms with E-state index < -0.39 is 12.0 Å². The summed E-state index contributed by atoms with van der Waals surface area (Å²) in [5.41, 5.74) is 3.43. The highest BCUT2D eigenvalue weighted by molar-refractivity contribution is 8.16. The van der Waals surface area contributed by atoms with Crippen LogP contribution in [0.25, 0.3) is 0 Å². The molecule has 0 aromatic heterocycles. The van der Waals surface area contributed by atoms with E-state index in [1.54, 1.807) is 19.1 Å². The third-order valence-electron chi connectivity index (χ3n) is 6.01. The highest BCUT2D eigenvalue weighted by Gasteiger charge is 2.41. The number of aliphatic imine (C=N–C) groups is 1. The van der Waals surface area contributed by atoms with Gasteiger partial charge in [0.05, 0.1) is 23.7 Å². The first-order chi connectivity index (χ1) is 17.9. The summed E-state index contributed by atoms with van der Waals surface area (Å²) < 4.78 is 16.2. The second-order valence-corrected chi connectivity index (χ2v) is 9.75. The van der Waals surface area contributed by atoms with Gasteiger partial charge >= 0.3 is 5.97 Å². The van der Waals surface area contributed by atoms with Gasteiger partial charge in [0.25, 0.3) is 0 Å². The van der Waals surface area contributed by atoms with Gasteiger partial charge in [-0.15, -0.1) is 0 Å². The third-order valence-corrected chi connectivity index (χ3v) is 7.15. The van der Waals surface area contributed by atoms with Gasteiger partial charge in [-0.1, -0.05) is 54.2 Å². The number of hydrogen-bond donors (Lipinski definition) is 1. The lowest BCUT2D eigenvalue weighted by molar-refractivity contribution is -0.138. The zero-order valence-electron chi connectivity index (χ0n) is 20.0. The molecule has 0 spiro atoms. The predicted molar refractivity (Wildman–Crippen MR) is 142 cm³/mol. The predicted octanol–water partition coefficient (Wildman–Crippen LogP) is 5.08. The molecule has 1 N–H and O–H groups in total. The molecule has 0 radical (unpaired) electrons. The number of rotatable bonds is 8. The Labute approximate surface area is 223 Å². The molecule has 2 aromatic rings. The molecule has 1 amide bonds. The number of ether oxygens (including phenoxy) is 3. The van der Waals surface area contributed by atoms with Crippen molar-refractivity contribution in [1.29, 1.82) is 0 Å². The Morgan fingerprint density at radius 1 is 1.24 bits per heavy atom. The van der Waals surface area contributed by atoms with Gasteiger partial charge in [-0.05, 0) is 47.7 Å². The normalized spacial score (nSPS) is 17.7. The van der Waals surface area contributed by atoms with Gasteiger partial charge in [0, 0.05) is 17.3 Å². The third kappa shape index (κ3) is 5.23. The van der Waals surface area contributed by atoms with Crippen molar-refractivity contribution >= 4 is 40.4 Å². The number of nitrogens with one attached hydrogen (secondary N) is 1. The molecule has 5 rings (SSSR count). The van der Waals surface area contributed by atoms with Crippen molar-refractivity contribution in [2.45, 2.75) is 25.9 Å². The number of halogens is 1. The minimum Gasteiger partial charge on any atom is -0.458 e. The zero-order chi connectivity index (χ0) is 25.9. The lowest BCUT2D eigenvalue weighted by Crippen LogP contribution is -2.38. The van der Waals surface area contributed by atoms with Crippen LogP contribution in [0.15, 0.2) is 82.5 Å². The van der Waals surface area contributed by atoms with E-state index in [4.69, 9.17) is 25.8 Å². The molecule has 0 saturated carbocycles. The van der Waals surface area contributed by atoms with E-state index in [1.165, 1.54) is 17.8 Å². The molecule has 1 unspecified atom stereocenters. The Kier molecular flexibility index (Phi) is 7.25. The van der Waals surface area contributed by atoms with Gasteiger partial charge in [-0.3, -0.25) is 4.79 Å². The average Bonchev–Trinajstić information content (AvgIpc) is 3.52. The molecule has 37 heavy (non-hydrogen) atoms. The molecule has 0 saturated heterocycles. The Balaban J connectivity index is 1.36. The molecule has 3 aliphatic heterocycles. The van der Waals surface area contributed by atoms with Crippen molar-refractivity contribution in [3.63, 3.8) is 0 Å². The maximum Gasteiger partial charge on any atom is 0.338 e. The quantitative estimate of drug-likeness (QED) is 0.371. The Bertz CT molecular complexity index is 1350. The van der Waals surface area contributed by atoms with Crippen LogP contribution in [-0.4, -0.2) is 35.3 Å². The summed E-state index contributed by atoms with van der Waals surface area (Å²) in [5, 5.41) is 6.13. The van der Waals surface area contributed by atoms with E-state index in [0.29, 0.717) is 39.5 Å². The van der Waals surface area contributed by atoms with Crippen molar-refractivity contribution in [3.05, 3.63) is 93.6 Å². The summed E-state index contributed by atoms with van der Waals surface area (Å²) in [7, 11) is 0. The van der Waals surface area contributed by atoms with Crippen LogP contribution >= 0.6 is 23.4 Å². The number of allylic oxidation sites excluding steroid dienone is 1. The van der Waals surface area contributed by atoms with Crippen LogP contribution in [0.4, 0.5) is 0 Å². The van der Waals surface area contributed by atoms with Crippen LogP contribution in [0.5, 0.6) is 11.5 Å². The SMILES string of the molecule is C=CCOC(=O)C1=C(C)N=C2SC=C(CC(=O)NCc3ccc4c(c3)OCO4)N2C1c1ccc(Cl)cc1. The Hall–Kier alpha value is -3.69. The topological polar surface area (TPSA) is 89.5 Å².